The Balaban J connectivity index is 0.00000200. The van der Waals surface area contributed by atoms with Gasteiger partial charge in [0.25, 0.3) is 0 Å². The zero-order chi connectivity index (χ0) is 14.0. The topological polar surface area (TPSA) is 15.3 Å². The Morgan fingerprint density at radius 1 is 1.14 bits per heavy atom. The number of nitrogens with zero attached hydrogens (tertiary/aromatic N) is 1. The first-order chi connectivity index (χ1) is 8.89. The van der Waals surface area contributed by atoms with Gasteiger partial charge in [-0.05, 0) is 35.6 Å². The summed E-state index contributed by atoms with van der Waals surface area (Å²) in [5.41, 5.74) is 2.41. The van der Waals surface area contributed by atoms with Crippen LogP contribution in [-0.2, 0) is 0 Å². The summed E-state index contributed by atoms with van der Waals surface area (Å²) in [6, 6.07) is 5.43. The molecule has 1 heterocycles. The molecular weight excluding hydrogens is 310 g/mol. The van der Waals surface area contributed by atoms with Gasteiger partial charge < -0.3 is 5.32 Å². The van der Waals surface area contributed by atoms with E-state index in [1.807, 2.05) is 6.07 Å². The fourth-order valence-corrected chi connectivity index (χ4v) is 3.06. The van der Waals surface area contributed by atoms with Crippen LogP contribution >= 0.6 is 24.8 Å². The minimum Gasteiger partial charge on any atom is -0.314 e. The van der Waals surface area contributed by atoms with Crippen LogP contribution in [0.3, 0.4) is 0 Å². The van der Waals surface area contributed by atoms with E-state index in [1.54, 1.807) is 12.1 Å². The number of rotatable bonds is 2. The first-order valence-corrected chi connectivity index (χ1v) is 7.10. The van der Waals surface area contributed by atoms with Crippen molar-refractivity contribution < 1.29 is 4.39 Å². The van der Waals surface area contributed by atoms with Gasteiger partial charge in [0.1, 0.15) is 5.82 Å². The Hall–Kier alpha value is -0.350. The van der Waals surface area contributed by atoms with Crippen LogP contribution in [0.25, 0.3) is 0 Å². The number of hydrogen-bond donors (Lipinski definition) is 1. The van der Waals surface area contributed by atoms with E-state index in [0.717, 1.165) is 31.7 Å². The standard InChI is InChI=1S/C16H25FN2.2ClH/c1-12-5-6-13(17)11-14(12)15(16(2,3)4)19-9-7-18-8-10-19;;/h5-6,11,15,18H,7-10H2,1-4H3;2*1H/t15-;;/m0../s1. The highest BCUT2D eigenvalue weighted by Gasteiger charge is 2.33. The molecule has 1 aliphatic rings. The van der Waals surface area contributed by atoms with Gasteiger partial charge in [0.15, 0.2) is 0 Å². The van der Waals surface area contributed by atoms with Crippen molar-refractivity contribution in [3.63, 3.8) is 0 Å². The molecule has 21 heavy (non-hydrogen) atoms. The second kappa shape index (κ2) is 8.33. The summed E-state index contributed by atoms with van der Waals surface area (Å²) >= 11 is 0. The molecule has 122 valence electrons. The molecule has 0 aliphatic carbocycles. The number of hydrogen-bond acceptors (Lipinski definition) is 2. The molecule has 2 rings (SSSR count). The number of nitrogens with one attached hydrogen (secondary N) is 1. The molecule has 2 nitrogen and oxygen atoms in total. The third-order valence-corrected chi connectivity index (χ3v) is 3.87. The SMILES string of the molecule is Cc1ccc(F)cc1[C@H](N1CCNCC1)C(C)(C)C.Cl.Cl. The Labute approximate surface area is 140 Å². The van der Waals surface area contributed by atoms with Crippen molar-refractivity contribution >= 4 is 24.8 Å². The predicted molar refractivity (Wildman–Crippen MR) is 92.3 cm³/mol. The molecule has 1 aromatic carbocycles. The van der Waals surface area contributed by atoms with Crippen LogP contribution in [-0.4, -0.2) is 31.1 Å². The minimum absolute atomic E-state index is 0. The highest BCUT2D eigenvalue weighted by molar-refractivity contribution is 5.85. The van der Waals surface area contributed by atoms with Gasteiger partial charge in [-0.2, -0.15) is 0 Å². The highest BCUT2D eigenvalue weighted by atomic mass is 35.5. The largest absolute Gasteiger partial charge is 0.314 e. The molecule has 1 N–H and O–H groups in total. The summed E-state index contributed by atoms with van der Waals surface area (Å²) in [4.78, 5) is 2.48. The molecule has 0 saturated carbocycles. The molecule has 1 saturated heterocycles. The lowest BCUT2D eigenvalue weighted by atomic mass is 9.79. The van der Waals surface area contributed by atoms with E-state index in [0.29, 0.717) is 0 Å². The van der Waals surface area contributed by atoms with E-state index in [4.69, 9.17) is 0 Å². The van der Waals surface area contributed by atoms with Crippen molar-refractivity contribution in [1.82, 2.24) is 10.2 Å². The Morgan fingerprint density at radius 3 is 2.24 bits per heavy atom. The van der Waals surface area contributed by atoms with E-state index in [1.165, 1.54) is 5.56 Å². The fraction of sp³-hybridized carbons (Fsp3) is 0.625. The monoisotopic (exact) mass is 336 g/mol. The summed E-state index contributed by atoms with van der Waals surface area (Å²) < 4.78 is 13.6. The minimum atomic E-state index is -0.134. The molecule has 5 heteroatoms. The van der Waals surface area contributed by atoms with Gasteiger partial charge in [0, 0.05) is 32.2 Å². The van der Waals surface area contributed by atoms with Crippen molar-refractivity contribution in [3.8, 4) is 0 Å². The van der Waals surface area contributed by atoms with E-state index >= 15 is 0 Å². The Kier molecular flexibility index (Phi) is 8.19. The van der Waals surface area contributed by atoms with E-state index in [-0.39, 0.29) is 42.1 Å². The van der Waals surface area contributed by atoms with Crippen molar-refractivity contribution in [1.29, 1.82) is 0 Å². The van der Waals surface area contributed by atoms with Gasteiger partial charge in [0.05, 0.1) is 0 Å². The Morgan fingerprint density at radius 2 is 1.71 bits per heavy atom. The van der Waals surface area contributed by atoms with Crippen LogP contribution in [0.2, 0.25) is 0 Å². The highest BCUT2D eigenvalue weighted by Crippen LogP contribution is 2.39. The normalized spacial score (nSPS) is 17.6. The number of piperazine rings is 1. The fourth-order valence-electron chi connectivity index (χ4n) is 3.06. The van der Waals surface area contributed by atoms with E-state index in [9.17, 15) is 4.39 Å². The van der Waals surface area contributed by atoms with Gasteiger partial charge in [0.2, 0.25) is 0 Å². The average Bonchev–Trinajstić information content (AvgIpc) is 2.33. The second-order valence-electron chi connectivity index (χ2n) is 6.56. The lowest BCUT2D eigenvalue weighted by Crippen LogP contribution is -2.48. The Bertz CT molecular complexity index is 440. The van der Waals surface area contributed by atoms with Crippen LogP contribution in [0.5, 0.6) is 0 Å². The summed E-state index contributed by atoms with van der Waals surface area (Å²) in [7, 11) is 0. The maximum Gasteiger partial charge on any atom is 0.123 e. The molecule has 1 aromatic rings. The third kappa shape index (κ3) is 5.10. The zero-order valence-electron chi connectivity index (χ0n) is 13.3. The molecule has 0 radical (unpaired) electrons. The lowest BCUT2D eigenvalue weighted by molar-refractivity contribution is 0.0855. The summed E-state index contributed by atoms with van der Waals surface area (Å²) in [6.07, 6.45) is 0. The van der Waals surface area contributed by atoms with Crippen molar-refractivity contribution in [2.24, 2.45) is 5.41 Å². The number of halogens is 3. The predicted octanol–water partition coefficient (Wildman–Crippen LogP) is 3.97. The summed E-state index contributed by atoms with van der Waals surface area (Å²) in [5.74, 6) is -0.134. The number of aryl methyl sites for hydroxylation is 1. The van der Waals surface area contributed by atoms with Crippen molar-refractivity contribution in [2.45, 2.75) is 33.7 Å². The molecular formula is C16H27Cl2FN2. The van der Waals surface area contributed by atoms with Crippen LogP contribution in [0.1, 0.15) is 37.9 Å². The van der Waals surface area contributed by atoms with E-state index in [2.05, 4.69) is 37.9 Å². The molecule has 1 atom stereocenters. The third-order valence-electron chi connectivity index (χ3n) is 3.87. The van der Waals surface area contributed by atoms with Gasteiger partial charge in [-0.15, -0.1) is 24.8 Å². The first-order valence-electron chi connectivity index (χ1n) is 7.10. The van der Waals surface area contributed by atoms with Crippen LogP contribution in [0, 0.1) is 18.2 Å². The molecule has 1 fully saturated rings. The first kappa shape index (κ1) is 20.6. The molecule has 0 spiro atoms. The lowest BCUT2D eigenvalue weighted by Gasteiger charge is -2.43. The molecule has 1 aliphatic heterocycles. The van der Waals surface area contributed by atoms with Crippen molar-refractivity contribution in [2.75, 3.05) is 26.2 Å². The van der Waals surface area contributed by atoms with E-state index < -0.39 is 0 Å². The van der Waals surface area contributed by atoms with Gasteiger partial charge in [-0.25, -0.2) is 4.39 Å². The maximum atomic E-state index is 13.6. The molecule has 0 amide bonds. The maximum absolute atomic E-state index is 13.6. The zero-order valence-corrected chi connectivity index (χ0v) is 14.9. The number of benzene rings is 1. The van der Waals surface area contributed by atoms with Crippen molar-refractivity contribution in [3.05, 3.63) is 35.1 Å². The van der Waals surface area contributed by atoms with Crippen LogP contribution in [0.15, 0.2) is 18.2 Å². The van der Waals surface area contributed by atoms with Crippen LogP contribution < -0.4 is 5.32 Å². The average molecular weight is 337 g/mol. The second-order valence-corrected chi connectivity index (χ2v) is 6.56. The van der Waals surface area contributed by atoms with Gasteiger partial charge in [-0.1, -0.05) is 26.8 Å². The van der Waals surface area contributed by atoms with Crippen LogP contribution in [0.4, 0.5) is 4.39 Å². The summed E-state index contributed by atoms with van der Waals surface area (Å²) in [5, 5.41) is 3.38. The quantitative estimate of drug-likeness (QED) is 0.878. The van der Waals surface area contributed by atoms with Gasteiger partial charge in [-0.3, -0.25) is 4.90 Å². The van der Waals surface area contributed by atoms with Gasteiger partial charge >= 0.3 is 0 Å². The molecule has 0 bridgehead atoms. The summed E-state index contributed by atoms with van der Waals surface area (Å²) in [6.45, 7) is 12.9. The molecule has 0 unspecified atom stereocenters. The molecule has 0 aromatic heterocycles. The smallest absolute Gasteiger partial charge is 0.123 e.